The number of aliphatic hydroxyl groups excluding tert-OH is 1. The van der Waals surface area contributed by atoms with Gasteiger partial charge in [-0.3, -0.25) is 4.79 Å². The van der Waals surface area contributed by atoms with Crippen molar-refractivity contribution in [2.45, 2.75) is 6.04 Å². The summed E-state index contributed by atoms with van der Waals surface area (Å²) in [4.78, 5) is 24.1. The van der Waals surface area contributed by atoms with Crippen LogP contribution >= 0.6 is 0 Å². The smallest absolute Gasteiger partial charge is 0.328 e. The average molecular weight is 278 g/mol. The highest BCUT2D eigenvalue weighted by Gasteiger charge is 2.16. The zero-order valence-electron chi connectivity index (χ0n) is 11.4. The summed E-state index contributed by atoms with van der Waals surface area (Å²) in [6.07, 6.45) is 2.81. The number of hydrogen-bond acceptors (Lipinski definition) is 4. The van der Waals surface area contributed by atoms with Crippen molar-refractivity contribution in [1.29, 1.82) is 0 Å². The Balaban J connectivity index is 2.63. The summed E-state index contributed by atoms with van der Waals surface area (Å²) in [6, 6.07) is 6.22. The Kier molecular flexibility index (Phi) is 5.74. The topological polar surface area (TPSA) is 89.9 Å². The average Bonchev–Trinajstić information content (AvgIpc) is 2.42. The fourth-order valence-electron chi connectivity index (χ4n) is 1.46. The third kappa shape index (κ3) is 4.74. The SMILES string of the molecule is CN(C)c1ccc(/C=C/C(=O)N[C@H](CO)C(=O)O)cc1. The van der Waals surface area contributed by atoms with Crippen molar-refractivity contribution < 1.29 is 19.8 Å². The quantitative estimate of drug-likeness (QED) is 0.652. The van der Waals surface area contributed by atoms with E-state index in [1.807, 2.05) is 43.3 Å². The molecule has 0 radical (unpaired) electrons. The standard InChI is InChI=1S/C14H18N2O4/c1-16(2)11-6-3-10(4-7-11)5-8-13(18)15-12(9-17)14(19)20/h3-8,12,17H,9H2,1-2H3,(H,15,18)(H,19,20)/b8-5+/t12-/m1/s1. The van der Waals surface area contributed by atoms with Crippen LogP contribution in [0, 0.1) is 0 Å². The Morgan fingerprint density at radius 3 is 2.35 bits per heavy atom. The van der Waals surface area contributed by atoms with Crippen LogP contribution in [-0.2, 0) is 9.59 Å². The highest BCUT2D eigenvalue weighted by atomic mass is 16.4. The van der Waals surface area contributed by atoms with Crippen molar-refractivity contribution in [2.75, 3.05) is 25.6 Å². The number of carboxylic acids is 1. The number of nitrogens with one attached hydrogen (secondary N) is 1. The second-order valence-corrected chi connectivity index (χ2v) is 4.40. The Labute approximate surface area is 117 Å². The fourth-order valence-corrected chi connectivity index (χ4v) is 1.46. The predicted octanol–water partition coefficient (Wildman–Crippen LogP) is 0.327. The second kappa shape index (κ2) is 7.30. The Bertz CT molecular complexity index is 494. The predicted molar refractivity (Wildman–Crippen MR) is 76.5 cm³/mol. The summed E-state index contributed by atoms with van der Waals surface area (Å²) in [5.41, 5.74) is 1.86. The van der Waals surface area contributed by atoms with Crippen molar-refractivity contribution >= 4 is 23.6 Å². The van der Waals surface area contributed by atoms with Crippen molar-refractivity contribution in [1.82, 2.24) is 5.32 Å². The molecule has 6 nitrogen and oxygen atoms in total. The van der Waals surface area contributed by atoms with E-state index in [1.54, 1.807) is 6.08 Å². The lowest BCUT2D eigenvalue weighted by Crippen LogP contribution is -2.42. The molecule has 1 atom stereocenters. The molecular weight excluding hydrogens is 260 g/mol. The monoisotopic (exact) mass is 278 g/mol. The van der Waals surface area contributed by atoms with Crippen molar-refractivity contribution in [3.8, 4) is 0 Å². The first-order valence-corrected chi connectivity index (χ1v) is 6.03. The molecule has 20 heavy (non-hydrogen) atoms. The van der Waals surface area contributed by atoms with Gasteiger partial charge in [0.2, 0.25) is 5.91 Å². The van der Waals surface area contributed by atoms with Crippen molar-refractivity contribution in [2.24, 2.45) is 0 Å². The van der Waals surface area contributed by atoms with Crippen LogP contribution in [0.15, 0.2) is 30.3 Å². The van der Waals surface area contributed by atoms with E-state index >= 15 is 0 Å². The molecule has 0 aliphatic carbocycles. The van der Waals surface area contributed by atoms with E-state index < -0.39 is 24.5 Å². The zero-order valence-corrected chi connectivity index (χ0v) is 11.4. The maximum Gasteiger partial charge on any atom is 0.328 e. The number of aliphatic hydroxyl groups is 1. The molecule has 0 heterocycles. The number of aliphatic carboxylic acids is 1. The van der Waals surface area contributed by atoms with E-state index in [2.05, 4.69) is 5.32 Å². The van der Waals surface area contributed by atoms with Crippen LogP contribution < -0.4 is 10.2 Å². The van der Waals surface area contributed by atoms with E-state index in [0.29, 0.717) is 0 Å². The zero-order chi connectivity index (χ0) is 15.1. The number of hydrogen-bond donors (Lipinski definition) is 3. The molecule has 0 saturated carbocycles. The van der Waals surface area contributed by atoms with Crippen LogP contribution in [0.4, 0.5) is 5.69 Å². The number of benzene rings is 1. The van der Waals surface area contributed by atoms with Crippen LogP contribution in [0.3, 0.4) is 0 Å². The number of carboxylic acid groups (broad SMARTS) is 1. The molecule has 1 amide bonds. The first kappa shape index (κ1) is 15.7. The molecule has 0 aliphatic heterocycles. The minimum Gasteiger partial charge on any atom is -0.480 e. The van der Waals surface area contributed by atoms with Gasteiger partial charge in [0.25, 0.3) is 0 Å². The molecule has 0 aromatic heterocycles. The molecular formula is C14H18N2O4. The van der Waals surface area contributed by atoms with E-state index in [4.69, 9.17) is 10.2 Å². The molecule has 3 N–H and O–H groups in total. The normalized spacial score (nSPS) is 12.2. The fraction of sp³-hybridized carbons (Fsp3) is 0.286. The molecule has 0 bridgehead atoms. The second-order valence-electron chi connectivity index (χ2n) is 4.40. The first-order valence-electron chi connectivity index (χ1n) is 6.03. The first-order chi connectivity index (χ1) is 9.43. The highest BCUT2D eigenvalue weighted by molar-refractivity contribution is 5.94. The highest BCUT2D eigenvalue weighted by Crippen LogP contribution is 2.12. The Morgan fingerprint density at radius 1 is 1.30 bits per heavy atom. The van der Waals surface area contributed by atoms with Crippen molar-refractivity contribution in [3.63, 3.8) is 0 Å². The molecule has 1 aromatic carbocycles. The summed E-state index contributed by atoms with van der Waals surface area (Å²) >= 11 is 0. The maximum atomic E-state index is 11.5. The molecule has 1 rings (SSSR count). The summed E-state index contributed by atoms with van der Waals surface area (Å²) in [5, 5.41) is 19.7. The summed E-state index contributed by atoms with van der Waals surface area (Å²) in [6.45, 7) is -0.646. The van der Waals surface area contributed by atoms with E-state index in [9.17, 15) is 9.59 Å². The van der Waals surface area contributed by atoms with Crippen LogP contribution in [0.25, 0.3) is 6.08 Å². The van der Waals surface area contributed by atoms with Gasteiger partial charge in [0.05, 0.1) is 6.61 Å². The number of anilines is 1. The van der Waals surface area contributed by atoms with Gasteiger partial charge in [0.1, 0.15) is 0 Å². The molecule has 0 aliphatic rings. The van der Waals surface area contributed by atoms with Crippen LogP contribution in [0.5, 0.6) is 0 Å². The van der Waals surface area contributed by atoms with Gasteiger partial charge in [0, 0.05) is 25.9 Å². The van der Waals surface area contributed by atoms with Gasteiger partial charge in [-0.05, 0) is 23.8 Å². The number of nitrogens with zero attached hydrogens (tertiary/aromatic N) is 1. The Morgan fingerprint density at radius 2 is 1.90 bits per heavy atom. The minimum absolute atomic E-state index is 0.567. The molecule has 0 spiro atoms. The van der Waals surface area contributed by atoms with Gasteiger partial charge in [-0.2, -0.15) is 0 Å². The molecule has 0 fully saturated rings. The van der Waals surface area contributed by atoms with Crippen LogP contribution in [0.1, 0.15) is 5.56 Å². The maximum absolute atomic E-state index is 11.5. The summed E-state index contributed by atoms with van der Waals surface area (Å²) in [7, 11) is 3.86. The number of rotatable bonds is 6. The van der Waals surface area contributed by atoms with Gasteiger partial charge in [-0.1, -0.05) is 12.1 Å². The van der Waals surface area contributed by atoms with Gasteiger partial charge in [-0.15, -0.1) is 0 Å². The van der Waals surface area contributed by atoms with Gasteiger partial charge in [0.15, 0.2) is 6.04 Å². The molecule has 108 valence electrons. The largest absolute Gasteiger partial charge is 0.480 e. The Hall–Kier alpha value is -2.34. The lowest BCUT2D eigenvalue weighted by molar-refractivity contribution is -0.142. The van der Waals surface area contributed by atoms with Gasteiger partial charge < -0.3 is 20.4 Å². The molecule has 6 heteroatoms. The molecule has 0 saturated heterocycles. The van der Waals surface area contributed by atoms with Crippen LogP contribution in [-0.4, -0.2) is 48.8 Å². The van der Waals surface area contributed by atoms with Crippen LogP contribution in [0.2, 0.25) is 0 Å². The molecule has 0 unspecified atom stereocenters. The van der Waals surface area contributed by atoms with E-state index in [-0.39, 0.29) is 0 Å². The third-order valence-electron chi connectivity index (χ3n) is 2.63. The van der Waals surface area contributed by atoms with E-state index in [1.165, 1.54) is 6.08 Å². The summed E-state index contributed by atoms with van der Waals surface area (Å²) < 4.78 is 0. The number of carbonyl (C=O) groups excluding carboxylic acids is 1. The third-order valence-corrected chi connectivity index (χ3v) is 2.63. The van der Waals surface area contributed by atoms with Gasteiger partial charge in [-0.25, -0.2) is 4.79 Å². The minimum atomic E-state index is -1.29. The van der Waals surface area contributed by atoms with E-state index in [0.717, 1.165) is 11.3 Å². The number of amides is 1. The number of carbonyl (C=O) groups is 2. The summed E-state index contributed by atoms with van der Waals surface area (Å²) in [5.74, 6) is -1.84. The lowest BCUT2D eigenvalue weighted by Gasteiger charge is -2.12. The van der Waals surface area contributed by atoms with Gasteiger partial charge >= 0.3 is 5.97 Å². The lowest BCUT2D eigenvalue weighted by atomic mass is 10.2. The molecule has 1 aromatic rings. The van der Waals surface area contributed by atoms with Crippen molar-refractivity contribution in [3.05, 3.63) is 35.9 Å².